The maximum Gasteiger partial charge on any atom is 0.266 e. The second-order valence-electron chi connectivity index (χ2n) is 7.78. The van der Waals surface area contributed by atoms with Crippen molar-refractivity contribution in [3.05, 3.63) is 84.2 Å². The first-order valence-electron chi connectivity index (χ1n) is 10.4. The minimum Gasteiger partial charge on any atom is -0.497 e. The summed E-state index contributed by atoms with van der Waals surface area (Å²) in [4.78, 5) is 34.0. The maximum absolute atomic E-state index is 13.5. The van der Waals surface area contributed by atoms with Gasteiger partial charge in [0, 0.05) is 0 Å². The van der Waals surface area contributed by atoms with E-state index in [4.69, 9.17) is 14.3 Å². The zero-order valence-corrected chi connectivity index (χ0v) is 18.0. The summed E-state index contributed by atoms with van der Waals surface area (Å²) in [5, 5.41) is 1.61. The van der Waals surface area contributed by atoms with E-state index in [0.717, 1.165) is 10.5 Å². The summed E-state index contributed by atoms with van der Waals surface area (Å²) in [5.41, 5.74) is 1.79. The lowest BCUT2D eigenvalue weighted by Gasteiger charge is -2.29. The zero-order valence-electron chi connectivity index (χ0n) is 18.0. The van der Waals surface area contributed by atoms with Crippen molar-refractivity contribution in [2.24, 2.45) is 5.92 Å². The first kappa shape index (κ1) is 21.0. The third-order valence-electron chi connectivity index (χ3n) is 5.98. The highest BCUT2D eigenvalue weighted by molar-refractivity contribution is 6.23. The number of methoxy groups -OCH3 is 2. The monoisotopic (exact) mass is 448 g/mol. The van der Waals surface area contributed by atoms with E-state index in [2.05, 4.69) is 0 Å². The van der Waals surface area contributed by atoms with Gasteiger partial charge in [-0.05, 0) is 66.2 Å². The van der Waals surface area contributed by atoms with Gasteiger partial charge >= 0.3 is 0 Å². The number of ether oxygens (including phenoxy) is 2. The molecule has 2 saturated heterocycles. The fourth-order valence-electron chi connectivity index (χ4n) is 4.35. The summed E-state index contributed by atoms with van der Waals surface area (Å²) in [7, 11) is 3.15. The molecule has 7 nitrogen and oxygen atoms in total. The van der Waals surface area contributed by atoms with Gasteiger partial charge in [-0.3, -0.25) is 14.4 Å². The van der Waals surface area contributed by atoms with E-state index < -0.39 is 35.7 Å². The van der Waals surface area contributed by atoms with Gasteiger partial charge in [0.2, 0.25) is 5.91 Å². The SMILES string of the molecule is COc1ccc([C@@H]2[C@H]3C(=O)N(c4ccc(F)cc4)C(=O)[C@@H]3ON2c2ccc(OC)cc2)cc1. The maximum atomic E-state index is 13.5. The molecule has 2 fully saturated rings. The number of amides is 2. The molecule has 2 amide bonds. The summed E-state index contributed by atoms with van der Waals surface area (Å²) < 4.78 is 23.9. The number of halogens is 1. The summed E-state index contributed by atoms with van der Waals surface area (Å²) in [6, 6.07) is 19.2. The lowest BCUT2D eigenvalue weighted by atomic mass is 9.90. The van der Waals surface area contributed by atoms with E-state index in [1.165, 1.54) is 24.3 Å². The molecule has 0 unspecified atom stereocenters. The van der Waals surface area contributed by atoms with Crippen LogP contribution in [-0.2, 0) is 14.4 Å². The minimum atomic E-state index is -1.00. The van der Waals surface area contributed by atoms with Crippen LogP contribution >= 0.6 is 0 Å². The van der Waals surface area contributed by atoms with Crippen molar-refractivity contribution >= 4 is 23.2 Å². The van der Waals surface area contributed by atoms with Crippen LogP contribution < -0.4 is 19.4 Å². The van der Waals surface area contributed by atoms with Crippen LogP contribution in [0.25, 0.3) is 0 Å². The smallest absolute Gasteiger partial charge is 0.266 e. The lowest BCUT2D eigenvalue weighted by molar-refractivity contribution is -0.126. The Balaban J connectivity index is 1.56. The molecule has 2 aliphatic rings. The Morgan fingerprint density at radius 3 is 1.88 bits per heavy atom. The molecule has 3 aromatic carbocycles. The van der Waals surface area contributed by atoms with Gasteiger partial charge in [-0.1, -0.05) is 12.1 Å². The number of benzene rings is 3. The zero-order chi connectivity index (χ0) is 23.1. The number of carbonyl (C=O) groups excluding carboxylic acids is 2. The summed E-state index contributed by atoms with van der Waals surface area (Å²) in [5.74, 6) is -0.755. The number of hydrogen-bond acceptors (Lipinski definition) is 6. The highest BCUT2D eigenvalue weighted by Gasteiger charge is 2.60. The number of rotatable bonds is 5. The molecule has 8 heteroatoms. The van der Waals surface area contributed by atoms with Crippen LogP contribution in [0.1, 0.15) is 11.6 Å². The van der Waals surface area contributed by atoms with Crippen molar-refractivity contribution in [1.29, 1.82) is 0 Å². The van der Waals surface area contributed by atoms with Crippen LogP contribution in [0.2, 0.25) is 0 Å². The van der Waals surface area contributed by atoms with Crippen LogP contribution in [0.3, 0.4) is 0 Å². The number of carbonyl (C=O) groups is 2. The highest BCUT2D eigenvalue weighted by Crippen LogP contribution is 2.47. The summed E-state index contributed by atoms with van der Waals surface area (Å²) in [6.07, 6.45) is -1.00. The average Bonchev–Trinajstić information content (AvgIpc) is 3.36. The van der Waals surface area contributed by atoms with E-state index in [9.17, 15) is 14.0 Å². The second kappa shape index (κ2) is 8.22. The molecule has 5 rings (SSSR count). The first-order valence-corrected chi connectivity index (χ1v) is 10.4. The fraction of sp³-hybridized carbons (Fsp3) is 0.200. The van der Waals surface area contributed by atoms with Crippen molar-refractivity contribution in [2.75, 3.05) is 24.2 Å². The van der Waals surface area contributed by atoms with E-state index in [-0.39, 0.29) is 0 Å². The first-order chi connectivity index (χ1) is 16.0. The third-order valence-corrected chi connectivity index (χ3v) is 5.98. The van der Waals surface area contributed by atoms with Gasteiger partial charge in [0.15, 0.2) is 6.10 Å². The van der Waals surface area contributed by atoms with Gasteiger partial charge in [0.25, 0.3) is 5.91 Å². The van der Waals surface area contributed by atoms with Gasteiger partial charge < -0.3 is 9.47 Å². The number of hydrogen-bond donors (Lipinski definition) is 0. The van der Waals surface area contributed by atoms with Crippen LogP contribution in [0, 0.1) is 11.7 Å². The standard InChI is InChI=1S/C25H21FN2O5/c1-31-19-11-3-15(4-12-19)22-21-23(33-28(22)18-9-13-20(32-2)14-10-18)25(30)27(24(21)29)17-7-5-16(26)6-8-17/h3-14,21-23H,1-2H3/t21-,22-,23-/m1/s1. The Morgan fingerprint density at radius 2 is 1.30 bits per heavy atom. The van der Waals surface area contributed by atoms with Crippen molar-refractivity contribution in [3.8, 4) is 11.5 Å². The molecule has 0 aromatic heterocycles. The number of nitrogens with zero attached hydrogens (tertiary/aromatic N) is 2. The Morgan fingerprint density at radius 1 is 0.758 bits per heavy atom. The molecule has 3 aromatic rings. The van der Waals surface area contributed by atoms with Gasteiger partial charge in [0.05, 0.1) is 31.6 Å². The van der Waals surface area contributed by atoms with Gasteiger partial charge in [-0.2, -0.15) is 0 Å². The second-order valence-corrected chi connectivity index (χ2v) is 7.78. The summed E-state index contributed by atoms with van der Waals surface area (Å²) >= 11 is 0. The molecule has 0 N–H and O–H groups in total. The Labute approximate surface area is 189 Å². The van der Waals surface area contributed by atoms with Crippen LogP contribution in [0.15, 0.2) is 72.8 Å². The molecule has 0 aliphatic carbocycles. The number of fused-ring (bicyclic) bond motifs is 1. The number of anilines is 2. The molecule has 0 radical (unpaired) electrons. The Kier molecular flexibility index (Phi) is 5.22. The normalized spacial score (nSPS) is 22.0. The Bertz CT molecular complexity index is 1180. The molecular weight excluding hydrogens is 427 g/mol. The third kappa shape index (κ3) is 3.48. The molecule has 3 atom stereocenters. The number of hydroxylamine groups is 1. The lowest BCUT2D eigenvalue weighted by Crippen LogP contribution is -2.37. The average molecular weight is 448 g/mol. The van der Waals surface area contributed by atoms with E-state index in [1.54, 1.807) is 43.5 Å². The molecule has 33 heavy (non-hydrogen) atoms. The van der Waals surface area contributed by atoms with Crippen molar-refractivity contribution in [2.45, 2.75) is 12.1 Å². The molecule has 0 spiro atoms. The fourth-order valence-corrected chi connectivity index (χ4v) is 4.35. The van der Waals surface area contributed by atoms with Crippen molar-refractivity contribution in [3.63, 3.8) is 0 Å². The molecule has 0 saturated carbocycles. The minimum absolute atomic E-state index is 0.314. The molecule has 2 aliphatic heterocycles. The van der Waals surface area contributed by atoms with Gasteiger partial charge in [-0.15, -0.1) is 0 Å². The van der Waals surface area contributed by atoms with Gasteiger partial charge in [0.1, 0.15) is 23.2 Å². The summed E-state index contributed by atoms with van der Waals surface area (Å²) in [6.45, 7) is 0. The molecule has 0 bridgehead atoms. The quantitative estimate of drug-likeness (QED) is 0.552. The molecule has 2 heterocycles. The van der Waals surface area contributed by atoms with Crippen LogP contribution in [-0.4, -0.2) is 32.1 Å². The molecular formula is C25H21FN2O5. The van der Waals surface area contributed by atoms with Crippen molar-refractivity contribution in [1.82, 2.24) is 0 Å². The van der Waals surface area contributed by atoms with Crippen LogP contribution in [0.5, 0.6) is 11.5 Å². The number of imide groups is 1. The predicted octanol–water partition coefficient (Wildman–Crippen LogP) is 3.89. The van der Waals surface area contributed by atoms with E-state index in [1.807, 2.05) is 24.3 Å². The molecule has 168 valence electrons. The van der Waals surface area contributed by atoms with E-state index >= 15 is 0 Å². The Hall–Kier alpha value is -3.91. The van der Waals surface area contributed by atoms with Gasteiger partial charge in [-0.25, -0.2) is 14.4 Å². The largest absolute Gasteiger partial charge is 0.497 e. The topological polar surface area (TPSA) is 68.3 Å². The van der Waals surface area contributed by atoms with E-state index in [0.29, 0.717) is 22.9 Å². The van der Waals surface area contributed by atoms with Crippen molar-refractivity contribution < 1.29 is 28.3 Å². The predicted molar refractivity (Wildman–Crippen MR) is 118 cm³/mol. The van der Waals surface area contributed by atoms with Crippen LogP contribution in [0.4, 0.5) is 15.8 Å². The highest BCUT2D eigenvalue weighted by atomic mass is 19.1.